The average Bonchev–Trinajstić information content (AvgIpc) is 4.12. The van der Waals surface area contributed by atoms with Crippen molar-refractivity contribution >= 4 is 110 Å². The molecule has 0 unspecified atom stereocenters. The Morgan fingerprint density at radius 1 is 0.263 bits per heavy atom. The monoisotopic (exact) mass is 733 g/mol. The molecular formula is C50H27N3O4. The van der Waals surface area contributed by atoms with Gasteiger partial charge in [-0.15, -0.1) is 0 Å². The molecule has 7 aromatic carbocycles. The Balaban J connectivity index is 1.10. The maximum absolute atomic E-state index is 6.54. The van der Waals surface area contributed by atoms with Crippen molar-refractivity contribution in [1.82, 2.24) is 13.7 Å². The highest BCUT2D eigenvalue weighted by molar-refractivity contribution is 6.22. The van der Waals surface area contributed by atoms with Gasteiger partial charge in [-0.1, -0.05) is 78.9 Å². The Hall–Kier alpha value is -7.90. The van der Waals surface area contributed by atoms with Gasteiger partial charge in [0.1, 0.15) is 44.4 Å². The molecule has 0 atom stereocenters. The zero-order chi connectivity index (χ0) is 36.9. The zero-order valence-electron chi connectivity index (χ0n) is 30.1. The third-order valence-electron chi connectivity index (χ3n) is 11.8. The molecule has 0 saturated carbocycles. The summed E-state index contributed by atoms with van der Waals surface area (Å²) in [5.41, 5.74) is 15.6. The van der Waals surface area contributed by atoms with Crippen LogP contribution in [0.25, 0.3) is 127 Å². The second-order valence-corrected chi connectivity index (χ2v) is 14.8. The van der Waals surface area contributed by atoms with Crippen molar-refractivity contribution in [3.63, 3.8) is 0 Å². The molecule has 266 valence electrons. The number of fused-ring (bicyclic) bond motifs is 17. The standard InChI is InChI=1S/C50H27N3O4/c1-2-12-28(13-3-1)51-37-26-29(52-43-33-14-4-8-18-39(33)54-47(43)48-44(52)34-15-5-9-19-40(34)55-48)22-24-31(37)32-25-23-30(27-38(32)51)53-45-35-16-6-10-20-41(35)56-49(45)50-46(53)36-17-7-11-21-42(36)57-50/h1-27H. The van der Waals surface area contributed by atoms with E-state index in [0.29, 0.717) is 0 Å². The lowest BCUT2D eigenvalue weighted by Gasteiger charge is -2.12. The Morgan fingerprint density at radius 2 is 0.596 bits per heavy atom. The van der Waals surface area contributed by atoms with Crippen LogP contribution < -0.4 is 0 Å². The average molecular weight is 734 g/mol. The number of hydrogen-bond acceptors (Lipinski definition) is 4. The van der Waals surface area contributed by atoms with E-state index in [2.05, 4.69) is 129 Å². The van der Waals surface area contributed by atoms with Gasteiger partial charge in [0.05, 0.1) is 11.0 Å². The topological polar surface area (TPSA) is 67.3 Å². The van der Waals surface area contributed by atoms with Gasteiger partial charge in [-0.2, -0.15) is 0 Å². The Labute approximate surface area is 321 Å². The number of aromatic nitrogens is 3. The van der Waals surface area contributed by atoms with Crippen LogP contribution in [0.2, 0.25) is 0 Å². The predicted molar refractivity (Wildman–Crippen MR) is 229 cm³/mol. The molecule has 0 saturated heterocycles. The van der Waals surface area contributed by atoms with Crippen LogP contribution in [0.3, 0.4) is 0 Å². The molecule has 0 spiro atoms. The SMILES string of the molecule is c1ccc(-n2c3cc(-n4c5c6ccccc6oc5c5oc6ccccc6c54)ccc3c3ccc(-n4c5c6ccccc6oc5c5oc6ccccc6c54)cc32)cc1. The summed E-state index contributed by atoms with van der Waals surface area (Å²) in [5.74, 6) is 0. The van der Waals surface area contributed by atoms with E-state index in [9.17, 15) is 0 Å². The normalized spacial score (nSPS) is 12.6. The first-order chi connectivity index (χ1) is 28.3. The molecule has 0 fully saturated rings. The van der Waals surface area contributed by atoms with Gasteiger partial charge < -0.3 is 31.4 Å². The van der Waals surface area contributed by atoms with Crippen molar-refractivity contribution in [2.24, 2.45) is 0 Å². The Bertz CT molecular complexity index is 3580. The number of rotatable bonds is 3. The fourth-order valence-electron chi connectivity index (χ4n) is 9.50. The number of para-hydroxylation sites is 5. The Morgan fingerprint density at radius 3 is 0.965 bits per heavy atom. The van der Waals surface area contributed by atoms with Gasteiger partial charge in [0.2, 0.25) is 0 Å². The molecule has 14 aromatic rings. The summed E-state index contributed by atoms with van der Waals surface area (Å²) in [6, 6.07) is 57.1. The molecule has 7 nitrogen and oxygen atoms in total. The van der Waals surface area contributed by atoms with Gasteiger partial charge in [0.15, 0.2) is 22.3 Å². The molecule has 0 aliphatic rings. The molecular weight excluding hydrogens is 707 g/mol. The van der Waals surface area contributed by atoms with E-state index >= 15 is 0 Å². The summed E-state index contributed by atoms with van der Waals surface area (Å²) < 4.78 is 33.2. The molecule has 0 N–H and O–H groups in total. The molecule has 0 aliphatic carbocycles. The first-order valence-electron chi connectivity index (χ1n) is 19.1. The van der Waals surface area contributed by atoms with E-state index in [4.69, 9.17) is 17.7 Å². The lowest BCUT2D eigenvalue weighted by Crippen LogP contribution is -1.98. The van der Waals surface area contributed by atoms with E-state index < -0.39 is 0 Å². The van der Waals surface area contributed by atoms with Crippen molar-refractivity contribution in [1.29, 1.82) is 0 Å². The maximum atomic E-state index is 6.54. The third kappa shape index (κ3) is 3.71. The van der Waals surface area contributed by atoms with Crippen LogP contribution in [-0.2, 0) is 0 Å². The zero-order valence-corrected chi connectivity index (χ0v) is 30.1. The molecule has 0 bridgehead atoms. The second kappa shape index (κ2) is 10.4. The smallest absolute Gasteiger partial charge is 0.196 e. The van der Waals surface area contributed by atoms with Crippen molar-refractivity contribution in [2.75, 3.05) is 0 Å². The van der Waals surface area contributed by atoms with Crippen LogP contribution in [0, 0.1) is 0 Å². The van der Waals surface area contributed by atoms with Crippen LogP contribution >= 0.6 is 0 Å². The first-order valence-corrected chi connectivity index (χ1v) is 19.1. The largest absolute Gasteiger partial charge is 0.450 e. The lowest BCUT2D eigenvalue weighted by molar-refractivity contribution is 0.634. The highest BCUT2D eigenvalue weighted by Gasteiger charge is 2.27. The van der Waals surface area contributed by atoms with Crippen molar-refractivity contribution < 1.29 is 17.7 Å². The van der Waals surface area contributed by atoms with Gasteiger partial charge in [0, 0.05) is 49.4 Å². The fourth-order valence-corrected chi connectivity index (χ4v) is 9.50. The van der Waals surface area contributed by atoms with Gasteiger partial charge in [0.25, 0.3) is 0 Å². The molecule has 57 heavy (non-hydrogen) atoms. The molecule has 0 aliphatic heterocycles. The number of furan rings is 4. The molecule has 7 aromatic heterocycles. The summed E-state index contributed by atoms with van der Waals surface area (Å²) in [4.78, 5) is 0. The van der Waals surface area contributed by atoms with Gasteiger partial charge in [-0.25, -0.2) is 0 Å². The number of nitrogens with zero attached hydrogens (tertiary/aromatic N) is 3. The van der Waals surface area contributed by atoms with Crippen LogP contribution in [0.15, 0.2) is 181 Å². The molecule has 7 heterocycles. The van der Waals surface area contributed by atoms with E-state index in [-0.39, 0.29) is 0 Å². The first kappa shape index (κ1) is 29.5. The summed E-state index contributed by atoms with van der Waals surface area (Å²) >= 11 is 0. The minimum Gasteiger partial charge on any atom is -0.450 e. The maximum Gasteiger partial charge on any atom is 0.196 e. The highest BCUT2D eigenvalue weighted by atomic mass is 16.4. The van der Waals surface area contributed by atoms with E-state index in [1.54, 1.807) is 0 Å². The summed E-state index contributed by atoms with van der Waals surface area (Å²) in [5, 5.41) is 6.48. The number of hydrogen-bond donors (Lipinski definition) is 0. The fraction of sp³-hybridized carbons (Fsp3) is 0. The van der Waals surface area contributed by atoms with E-state index in [1.807, 2.05) is 48.5 Å². The van der Waals surface area contributed by atoms with Gasteiger partial charge in [-0.3, -0.25) is 0 Å². The van der Waals surface area contributed by atoms with Crippen LogP contribution in [0.5, 0.6) is 0 Å². The van der Waals surface area contributed by atoms with Crippen molar-refractivity contribution in [3.05, 3.63) is 164 Å². The minimum atomic E-state index is 0.749. The molecule has 14 rings (SSSR count). The quantitative estimate of drug-likeness (QED) is 0.181. The summed E-state index contributed by atoms with van der Waals surface area (Å²) in [6.45, 7) is 0. The van der Waals surface area contributed by atoms with Crippen LogP contribution in [-0.4, -0.2) is 13.7 Å². The molecule has 7 heteroatoms. The van der Waals surface area contributed by atoms with Crippen molar-refractivity contribution in [3.8, 4) is 17.1 Å². The van der Waals surface area contributed by atoms with E-state index in [0.717, 1.165) is 127 Å². The van der Waals surface area contributed by atoms with E-state index in [1.165, 1.54) is 0 Å². The summed E-state index contributed by atoms with van der Waals surface area (Å²) in [6.07, 6.45) is 0. The molecule has 0 radical (unpaired) electrons. The minimum absolute atomic E-state index is 0.749. The van der Waals surface area contributed by atoms with Crippen LogP contribution in [0.1, 0.15) is 0 Å². The van der Waals surface area contributed by atoms with Gasteiger partial charge in [-0.05, 0) is 84.9 Å². The number of benzene rings is 7. The lowest BCUT2D eigenvalue weighted by atomic mass is 10.1. The third-order valence-corrected chi connectivity index (χ3v) is 11.8. The Kier molecular flexibility index (Phi) is 5.40. The predicted octanol–water partition coefficient (Wildman–Crippen LogP) is 14.0. The highest BCUT2D eigenvalue weighted by Crippen LogP contribution is 2.46. The second-order valence-electron chi connectivity index (χ2n) is 14.8. The van der Waals surface area contributed by atoms with Gasteiger partial charge >= 0.3 is 0 Å². The molecule has 0 amide bonds. The summed E-state index contributed by atoms with van der Waals surface area (Å²) in [7, 11) is 0. The van der Waals surface area contributed by atoms with Crippen molar-refractivity contribution in [2.45, 2.75) is 0 Å². The van der Waals surface area contributed by atoms with Crippen LogP contribution in [0.4, 0.5) is 0 Å².